The fourth-order valence-corrected chi connectivity index (χ4v) is 1.61. The summed E-state index contributed by atoms with van der Waals surface area (Å²) in [4.78, 5) is 11.6. The van der Waals surface area contributed by atoms with E-state index in [1.165, 1.54) is 4.57 Å². The van der Waals surface area contributed by atoms with Gasteiger partial charge in [0.2, 0.25) is 0 Å². The second-order valence-electron chi connectivity index (χ2n) is 3.33. The highest BCUT2D eigenvalue weighted by atomic mass is 79.9. The maximum absolute atomic E-state index is 11.6. The summed E-state index contributed by atoms with van der Waals surface area (Å²) in [5, 5.41) is 9.17. The van der Waals surface area contributed by atoms with Crippen molar-refractivity contribution in [3.8, 4) is 0 Å². The van der Waals surface area contributed by atoms with Gasteiger partial charge in [0.1, 0.15) is 0 Å². The third-order valence-corrected chi connectivity index (χ3v) is 2.90. The molecular formula is C9H13BrN2O2. The second-order valence-corrected chi connectivity index (χ2v) is 4.12. The molecule has 0 bridgehead atoms. The van der Waals surface area contributed by atoms with Crippen molar-refractivity contribution in [2.75, 3.05) is 5.73 Å². The van der Waals surface area contributed by atoms with E-state index in [0.717, 1.165) is 5.56 Å². The van der Waals surface area contributed by atoms with Crippen LogP contribution < -0.4 is 11.3 Å². The first-order valence-corrected chi connectivity index (χ1v) is 5.06. The average Bonchev–Trinajstić information content (AvgIpc) is 2.10. The molecule has 1 unspecified atom stereocenters. The SMILES string of the molecule is Cc1c(N)cn(CC(C)O)c(=O)c1Br. The number of aromatic nitrogens is 1. The van der Waals surface area contributed by atoms with Crippen LogP contribution in [0.3, 0.4) is 0 Å². The summed E-state index contributed by atoms with van der Waals surface area (Å²) < 4.78 is 1.86. The van der Waals surface area contributed by atoms with Crippen LogP contribution in [0, 0.1) is 6.92 Å². The number of nitrogens with zero attached hydrogens (tertiary/aromatic N) is 1. The number of hydrogen-bond acceptors (Lipinski definition) is 3. The lowest BCUT2D eigenvalue weighted by Crippen LogP contribution is -2.26. The van der Waals surface area contributed by atoms with Crippen molar-refractivity contribution >= 4 is 21.6 Å². The number of pyridine rings is 1. The van der Waals surface area contributed by atoms with Crippen LogP contribution in [0.5, 0.6) is 0 Å². The minimum atomic E-state index is -0.568. The summed E-state index contributed by atoms with van der Waals surface area (Å²) in [5.41, 5.74) is 6.80. The normalized spacial score (nSPS) is 12.9. The summed E-state index contributed by atoms with van der Waals surface area (Å²) in [7, 11) is 0. The van der Waals surface area contributed by atoms with Crippen LogP contribution in [0.25, 0.3) is 0 Å². The molecule has 4 nitrogen and oxygen atoms in total. The molecule has 0 aromatic carbocycles. The molecule has 5 heteroatoms. The van der Waals surface area contributed by atoms with Crippen molar-refractivity contribution in [1.82, 2.24) is 4.57 Å². The molecule has 0 spiro atoms. The highest BCUT2D eigenvalue weighted by molar-refractivity contribution is 9.10. The molecule has 14 heavy (non-hydrogen) atoms. The summed E-state index contributed by atoms with van der Waals surface area (Å²) >= 11 is 3.18. The molecule has 1 aromatic heterocycles. The Hall–Kier alpha value is -0.810. The van der Waals surface area contributed by atoms with E-state index in [1.54, 1.807) is 20.0 Å². The second kappa shape index (κ2) is 4.14. The summed E-state index contributed by atoms with van der Waals surface area (Å²) in [6.07, 6.45) is 0.983. The first-order chi connectivity index (χ1) is 6.43. The predicted molar refractivity (Wildman–Crippen MR) is 59.2 cm³/mol. The number of halogens is 1. The molecule has 0 saturated heterocycles. The van der Waals surface area contributed by atoms with Gasteiger partial charge in [-0.1, -0.05) is 0 Å². The first-order valence-electron chi connectivity index (χ1n) is 4.26. The van der Waals surface area contributed by atoms with Crippen LogP contribution in [0.1, 0.15) is 12.5 Å². The van der Waals surface area contributed by atoms with Gasteiger partial charge in [-0.3, -0.25) is 4.79 Å². The highest BCUT2D eigenvalue weighted by Gasteiger charge is 2.09. The molecule has 0 saturated carbocycles. The van der Waals surface area contributed by atoms with Crippen LogP contribution >= 0.6 is 15.9 Å². The van der Waals surface area contributed by atoms with Crippen LogP contribution in [0.4, 0.5) is 5.69 Å². The van der Waals surface area contributed by atoms with Gasteiger partial charge in [-0.15, -0.1) is 0 Å². The van der Waals surface area contributed by atoms with E-state index in [4.69, 9.17) is 10.8 Å². The van der Waals surface area contributed by atoms with Gasteiger partial charge < -0.3 is 15.4 Å². The minimum absolute atomic E-state index is 0.169. The van der Waals surface area contributed by atoms with Gasteiger partial charge in [0.05, 0.1) is 22.8 Å². The Balaban J connectivity index is 3.27. The molecule has 0 aliphatic rings. The Morgan fingerprint density at radius 1 is 1.71 bits per heavy atom. The van der Waals surface area contributed by atoms with Crippen molar-refractivity contribution in [3.63, 3.8) is 0 Å². The zero-order chi connectivity index (χ0) is 10.9. The van der Waals surface area contributed by atoms with E-state index >= 15 is 0 Å². The molecule has 1 aromatic rings. The smallest absolute Gasteiger partial charge is 0.265 e. The van der Waals surface area contributed by atoms with Crippen LogP contribution in [-0.4, -0.2) is 15.8 Å². The molecule has 3 N–H and O–H groups in total. The number of anilines is 1. The maximum atomic E-state index is 11.6. The van der Waals surface area contributed by atoms with Crippen molar-refractivity contribution in [3.05, 3.63) is 26.6 Å². The summed E-state index contributed by atoms with van der Waals surface area (Å²) in [6, 6.07) is 0. The predicted octanol–water partition coefficient (Wildman–Crippen LogP) is 0.882. The first kappa shape index (κ1) is 11.3. The topological polar surface area (TPSA) is 68.2 Å². The number of rotatable bonds is 2. The number of hydrogen-bond donors (Lipinski definition) is 2. The molecule has 0 radical (unpaired) electrons. The highest BCUT2D eigenvalue weighted by Crippen LogP contribution is 2.16. The van der Waals surface area contributed by atoms with Crippen LogP contribution in [0.2, 0.25) is 0 Å². The Bertz CT molecular complexity index is 399. The quantitative estimate of drug-likeness (QED) is 0.830. The van der Waals surface area contributed by atoms with E-state index in [-0.39, 0.29) is 12.1 Å². The van der Waals surface area contributed by atoms with Crippen LogP contribution in [0.15, 0.2) is 15.5 Å². The summed E-state index contributed by atoms with van der Waals surface area (Å²) in [5.74, 6) is 0. The molecule has 0 amide bonds. The number of aliphatic hydroxyl groups is 1. The molecule has 0 aliphatic carbocycles. The standard InChI is InChI=1S/C9H13BrN2O2/c1-5(13)3-12-4-7(11)6(2)8(10)9(12)14/h4-5,13H,3,11H2,1-2H3. The Kier molecular flexibility index (Phi) is 3.34. The van der Waals surface area contributed by atoms with Gasteiger partial charge in [-0.2, -0.15) is 0 Å². The third kappa shape index (κ3) is 2.16. The number of nitrogen functional groups attached to an aromatic ring is 1. The Morgan fingerprint density at radius 3 is 2.79 bits per heavy atom. The zero-order valence-electron chi connectivity index (χ0n) is 8.12. The van der Waals surface area contributed by atoms with E-state index in [2.05, 4.69) is 15.9 Å². The van der Waals surface area contributed by atoms with Gasteiger partial charge in [-0.05, 0) is 35.3 Å². The molecule has 1 rings (SSSR count). The van der Waals surface area contributed by atoms with Gasteiger partial charge in [0, 0.05) is 6.20 Å². The minimum Gasteiger partial charge on any atom is -0.397 e. The number of nitrogens with two attached hydrogens (primary N) is 1. The van der Waals surface area contributed by atoms with Crippen molar-refractivity contribution in [1.29, 1.82) is 0 Å². The largest absolute Gasteiger partial charge is 0.397 e. The molecule has 0 fully saturated rings. The Labute approximate surface area is 90.5 Å². The van der Waals surface area contributed by atoms with Gasteiger partial charge in [0.25, 0.3) is 5.56 Å². The lowest BCUT2D eigenvalue weighted by Gasteiger charge is -2.11. The third-order valence-electron chi connectivity index (χ3n) is 1.97. The maximum Gasteiger partial charge on any atom is 0.265 e. The van der Waals surface area contributed by atoms with E-state index in [1.807, 2.05) is 0 Å². The van der Waals surface area contributed by atoms with Crippen molar-refractivity contribution in [2.24, 2.45) is 0 Å². The molecule has 1 heterocycles. The fraction of sp³-hybridized carbons (Fsp3) is 0.444. The van der Waals surface area contributed by atoms with E-state index in [0.29, 0.717) is 10.2 Å². The molecule has 78 valence electrons. The average molecular weight is 261 g/mol. The fourth-order valence-electron chi connectivity index (χ4n) is 1.16. The lowest BCUT2D eigenvalue weighted by atomic mass is 10.2. The van der Waals surface area contributed by atoms with Gasteiger partial charge in [-0.25, -0.2) is 0 Å². The van der Waals surface area contributed by atoms with E-state index in [9.17, 15) is 4.79 Å². The van der Waals surface area contributed by atoms with E-state index < -0.39 is 6.10 Å². The van der Waals surface area contributed by atoms with Crippen molar-refractivity contribution in [2.45, 2.75) is 26.5 Å². The number of aliphatic hydroxyl groups excluding tert-OH is 1. The van der Waals surface area contributed by atoms with Gasteiger partial charge in [0.15, 0.2) is 0 Å². The summed E-state index contributed by atoms with van der Waals surface area (Å²) in [6.45, 7) is 3.64. The monoisotopic (exact) mass is 260 g/mol. The molecule has 1 atom stereocenters. The Morgan fingerprint density at radius 2 is 2.29 bits per heavy atom. The molecule has 0 aliphatic heterocycles. The van der Waals surface area contributed by atoms with Crippen LogP contribution in [-0.2, 0) is 6.54 Å². The van der Waals surface area contributed by atoms with Gasteiger partial charge >= 0.3 is 0 Å². The zero-order valence-corrected chi connectivity index (χ0v) is 9.71. The lowest BCUT2D eigenvalue weighted by molar-refractivity contribution is 0.172. The van der Waals surface area contributed by atoms with Crippen molar-refractivity contribution < 1.29 is 5.11 Å². The molecular weight excluding hydrogens is 248 g/mol.